The Morgan fingerprint density at radius 3 is 2.07 bits per heavy atom. The zero-order chi connectivity index (χ0) is 21.3. The molecule has 1 aliphatic carbocycles. The molecule has 7 heteroatoms. The number of rotatable bonds is 6. The maximum absolute atomic E-state index is 12.5. The van der Waals surface area contributed by atoms with Crippen molar-refractivity contribution in [2.75, 3.05) is 0 Å². The van der Waals surface area contributed by atoms with Crippen LogP contribution < -0.4 is 0 Å². The van der Waals surface area contributed by atoms with Gasteiger partial charge in [0.05, 0.1) is 18.8 Å². The minimum absolute atomic E-state index is 0.130. The molecule has 0 bridgehead atoms. The average molecular weight is 427 g/mol. The Labute approximate surface area is 171 Å². The topological polar surface area (TPSA) is 83.8 Å². The molecule has 2 fully saturated rings. The molecule has 1 saturated heterocycles. The van der Waals surface area contributed by atoms with Crippen molar-refractivity contribution in [3.8, 4) is 0 Å². The van der Waals surface area contributed by atoms with E-state index in [-0.39, 0.29) is 28.2 Å². The van der Waals surface area contributed by atoms with Gasteiger partial charge in [-0.15, -0.1) is 0 Å². The van der Waals surface area contributed by atoms with Crippen LogP contribution in [0.2, 0.25) is 31.2 Å². The molecule has 28 heavy (non-hydrogen) atoms. The average Bonchev–Trinajstić information content (AvgIpc) is 2.58. The lowest BCUT2D eigenvalue weighted by molar-refractivity contribution is -0.136. The Hall–Kier alpha value is -0.926. The van der Waals surface area contributed by atoms with Crippen molar-refractivity contribution in [1.29, 1.82) is 0 Å². The quantitative estimate of drug-likeness (QED) is 0.440. The van der Waals surface area contributed by atoms with Crippen LogP contribution in [0.15, 0.2) is 11.1 Å². The Kier molecular flexibility index (Phi) is 7.04. The van der Waals surface area contributed by atoms with Crippen LogP contribution >= 0.6 is 0 Å². The van der Waals surface area contributed by atoms with E-state index in [0.717, 1.165) is 44.6 Å². The summed E-state index contributed by atoms with van der Waals surface area (Å²) in [5.41, 5.74) is 0.0604. The van der Waals surface area contributed by atoms with Gasteiger partial charge in [0.2, 0.25) is 0 Å². The molecule has 160 valence electrons. The van der Waals surface area contributed by atoms with E-state index < -0.39 is 27.4 Å². The van der Waals surface area contributed by atoms with Crippen LogP contribution in [0.4, 0.5) is 0 Å². The fourth-order valence-electron chi connectivity index (χ4n) is 5.64. The zero-order valence-corrected chi connectivity index (χ0v) is 20.4. The Balaban J connectivity index is 2.61. The maximum Gasteiger partial charge on any atom is 0.332 e. The highest BCUT2D eigenvalue weighted by atomic mass is 29.3. The molecular formula is C21H38O5Si2. The van der Waals surface area contributed by atoms with Crippen LogP contribution in [0.3, 0.4) is 0 Å². The SMILES string of the molecule is CCC(C(C(=O)O)=C(C(=O)O)C1CCCCC1)[Si]1(C)CCC(C)(C)O[Si]1(C)C. The predicted molar refractivity (Wildman–Crippen MR) is 117 cm³/mol. The monoisotopic (exact) mass is 426 g/mol. The van der Waals surface area contributed by atoms with Crippen molar-refractivity contribution in [3.63, 3.8) is 0 Å². The summed E-state index contributed by atoms with van der Waals surface area (Å²) >= 11 is 0. The summed E-state index contributed by atoms with van der Waals surface area (Å²) < 4.78 is 6.61. The third kappa shape index (κ3) is 4.46. The van der Waals surface area contributed by atoms with Crippen LogP contribution in [-0.2, 0) is 14.0 Å². The van der Waals surface area contributed by atoms with Gasteiger partial charge in [0, 0.05) is 5.57 Å². The van der Waals surface area contributed by atoms with Crippen molar-refractivity contribution < 1.29 is 24.2 Å². The summed E-state index contributed by atoms with van der Waals surface area (Å²) in [5, 5.41) is 20.3. The van der Waals surface area contributed by atoms with E-state index in [9.17, 15) is 19.8 Å². The third-order valence-corrected chi connectivity index (χ3v) is 25.1. The van der Waals surface area contributed by atoms with Crippen LogP contribution in [0.5, 0.6) is 0 Å². The smallest absolute Gasteiger partial charge is 0.332 e. The van der Waals surface area contributed by atoms with Crippen molar-refractivity contribution in [2.24, 2.45) is 5.92 Å². The van der Waals surface area contributed by atoms with Gasteiger partial charge < -0.3 is 14.6 Å². The Morgan fingerprint density at radius 2 is 1.64 bits per heavy atom. The van der Waals surface area contributed by atoms with Crippen LogP contribution in [-0.4, -0.2) is 43.2 Å². The molecule has 2 rings (SSSR count). The summed E-state index contributed by atoms with van der Waals surface area (Å²) in [4.78, 5) is 24.8. The highest BCUT2D eigenvalue weighted by Crippen LogP contribution is 2.50. The molecule has 0 amide bonds. The minimum atomic E-state index is -2.17. The summed E-state index contributed by atoms with van der Waals surface area (Å²) in [6, 6.07) is 1.01. The fraction of sp³-hybridized carbons (Fsp3) is 0.810. The first-order valence-electron chi connectivity index (χ1n) is 10.8. The molecule has 0 spiro atoms. The molecule has 2 N–H and O–H groups in total. The van der Waals surface area contributed by atoms with Crippen molar-refractivity contribution in [1.82, 2.24) is 0 Å². The normalized spacial score (nSPS) is 29.6. The van der Waals surface area contributed by atoms with E-state index in [1.807, 2.05) is 6.92 Å². The van der Waals surface area contributed by atoms with E-state index in [4.69, 9.17) is 4.43 Å². The number of aliphatic carboxylic acids is 2. The molecule has 5 nitrogen and oxygen atoms in total. The summed E-state index contributed by atoms with van der Waals surface area (Å²) in [6.07, 6.45) is 6.25. The lowest BCUT2D eigenvalue weighted by atomic mass is 9.81. The Bertz CT molecular complexity index is 649. The van der Waals surface area contributed by atoms with Gasteiger partial charge in [0.1, 0.15) is 0 Å². The molecule has 2 unspecified atom stereocenters. The molecule has 2 atom stereocenters. The van der Waals surface area contributed by atoms with Crippen LogP contribution in [0.25, 0.3) is 0 Å². The molecule has 2 aliphatic rings. The zero-order valence-electron chi connectivity index (χ0n) is 18.4. The van der Waals surface area contributed by atoms with Gasteiger partial charge in [-0.3, -0.25) is 0 Å². The molecule has 1 heterocycles. The molecule has 0 aromatic rings. The van der Waals surface area contributed by atoms with Gasteiger partial charge in [0.15, 0.2) is 7.83 Å². The summed E-state index contributed by atoms with van der Waals surface area (Å²) in [7, 11) is -4.32. The molecule has 0 radical (unpaired) electrons. The third-order valence-electron chi connectivity index (χ3n) is 7.44. The number of carboxylic acids is 2. The summed E-state index contributed by atoms with van der Waals surface area (Å²) in [5.74, 6) is -2.19. The first-order valence-corrected chi connectivity index (χ1v) is 17.5. The van der Waals surface area contributed by atoms with Crippen molar-refractivity contribution >= 4 is 27.4 Å². The molecule has 0 aromatic carbocycles. The maximum atomic E-state index is 12.5. The van der Waals surface area contributed by atoms with E-state index in [2.05, 4.69) is 33.5 Å². The van der Waals surface area contributed by atoms with E-state index in [0.29, 0.717) is 6.42 Å². The van der Waals surface area contributed by atoms with Gasteiger partial charge in [0.25, 0.3) is 0 Å². The summed E-state index contributed by atoms with van der Waals surface area (Å²) in [6.45, 7) is 13.0. The number of carbonyl (C=O) groups is 2. The predicted octanol–water partition coefficient (Wildman–Crippen LogP) is 5.37. The second-order valence-corrected chi connectivity index (χ2v) is 24.3. The molecule has 1 saturated carbocycles. The van der Waals surface area contributed by atoms with E-state index >= 15 is 0 Å². The highest BCUT2D eigenvalue weighted by molar-refractivity contribution is 7.39. The van der Waals surface area contributed by atoms with Gasteiger partial charge in [-0.25, -0.2) is 9.59 Å². The Morgan fingerprint density at radius 1 is 1.07 bits per heavy atom. The lowest BCUT2D eigenvalue weighted by Crippen LogP contribution is -2.68. The van der Waals surface area contributed by atoms with Gasteiger partial charge >= 0.3 is 11.9 Å². The first kappa shape index (κ1) is 23.4. The van der Waals surface area contributed by atoms with Crippen molar-refractivity contribution in [2.45, 2.75) is 103 Å². The number of hydrogen-bond donors (Lipinski definition) is 2. The fourth-order valence-corrected chi connectivity index (χ4v) is 19.4. The molecule has 1 aliphatic heterocycles. The molecule has 0 aromatic heterocycles. The van der Waals surface area contributed by atoms with Crippen molar-refractivity contribution in [3.05, 3.63) is 11.1 Å². The second-order valence-electron chi connectivity index (χ2n) is 10.0. The number of hydrogen-bond acceptors (Lipinski definition) is 3. The van der Waals surface area contributed by atoms with Crippen LogP contribution in [0.1, 0.15) is 65.7 Å². The van der Waals surface area contributed by atoms with E-state index in [1.165, 1.54) is 0 Å². The minimum Gasteiger partial charge on any atom is -0.478 e. The van der Waals surface area contributed by atoms with Gasteiger partial charge in [-0.1, -0.05) is 45.2 Å². The van der Waals surface area contributed by atoms with E-state index in [1.54, 1.807) is 0 Å². The van der Waals surface area contributed by atoms with Gasteiger partial charge in [-0.2, -0.15) is 0 Å². The first-order chi connectivity index (χ1) is 12.9. The largest absolute Gasteiger partial charge is 0.478 e. The molecular weight excluding hydrogens is 388 g/mol. The lowest BCUT2D eigenvalue weighted by Gasteiger charge is -2.54. The highest BCUT2D eigenvalue weighted by Gasteiger charge is 2.58. The van der Waals surface area contributed by atoms with Gasteiger partial charge in [-0.05, 0) is 57.7 Å². The van der Waals surface area contributed by atoms with Crippen LogP contribution in [0, 0.1) is 5.92 Å². The standard InChI is InChI=1S/C21H38O5Si2/c1-7-16(28(6)14-13-21(2,3)26-27(28,4)5)18(20(24)25)17(19(22)23)15-11-9-8-10-12-15/h15-16H,7-14H2,1-6H3,(H,22,23)(H,24,25). The second kappa shape index (κ2) is 8.44. The number of carboxylic acid groups (broad SMARTS) is 2.